The van der Waals surface area contributed by atoms with Gasteiger partial charge in [-0.15, -0.1) is 0 Å². The number of hydrogen-bond donors (Lipinski definition) is 2. The Hall–Kier alpha value is -3.97. The minimum atomic E-state index is 0.0923. The number of nitrogens with zero attached hydrogens (tertiary/aromatic N) is 5. The smallest absolute Gasteiger partial charge is 0.168 e. The van der Waals surface area contributed by atoms with Gasteiger partial charge in [-0.25, -0.2) is 15.0 Å². The van der Waals surface area contributed by atoms with Gasteiger partial charge in [-0.3, -0.25) is 4.57 Å². The van der Waals surface area contributed by atoms with Crippen molar-refractivity contribution in [3.63, 3.8) is 0 Å². The molecule has 0 bridgehead atoms. The number of pyridine rings is 1. The zero-order valence-electron chi connectivity index (χ0n) is 16.4. The quantitative estimate of drug-likeness (QED) is 0.482. The molecule has 0 unspecified atom stereocenters. The Balaban J connectivity index is 1.61. The van der Waals surface area contributed by atoms with Gasteiger partial charge >= 0.3 is 0 Å². The third-order valence-electron chi connectivity index (χ3n) is 5.23. The molecule has 7 heteroatoms. The normalized spacial score (nSPS) is 11.3. The molecular formula is C23H20N6O. The van der Waals surface area contributed by atoms with Gasteiger partial charge in [0.05, 0.1) is 6.20 Å². The van der Waals surface area contributed by atoms with E-state index in [4.69, 9.17) is 5.73 Å². The van der Waals surface area contributed by atoms with Crippen molar-refractivity contribution in [2.75, 3.05) is 0 Å². The Labute approximate surface area is 173 Å². The van der Waals surface area contributed by atoms with Crippen LogP contribution in [0.4, 0.5) is 0 Å². The number of aromatic nitrogens is 5. The number of fused-ring (bicyclic) bond motifs is 1. The molecule has 0 saturated carbocycles. The van der Waals surface area contributed by atoms with Crippen LogP contribution in [0.25, 0.3) is 33.7 Å². The number of aromatic hydroxyl groups is 1. The molecule has 3 aromatic heterocycles. The molecule has 3 heterocycles. The van der Waals surface area contributed by atoms with Crippen LogP contribution in [-0.4, -0.2) is 29.2 Å². The lowest BCUT2D eigenvalue weighted by atomic mass is 10.1. The molecule has 0 aliphatic heterocycles. The third kappa shape index (κ3) is 2.92. The number of benzene rings is 2. The lowest BCUT2D eigenvalue weighted by molar-refractivity contribution is 0.479. The summed E-state index contributed by atoms with van der Waals surface area (Å²) in [5.41, 5.74) is 11.2. The number of aryl methyl sites for hydroxylation is 1. The molecule has 5 rings (SSSR count). The number of hydrogen-bond acceptors (Lipinski definition) is 5. The van der Waals surface area contributed by atoms with E-state index < -0.39 is 0 Å². The Bertz CT molecular complexity index is 1350. The molecule has 148 valence electrons. The van der Waals surface area contributed by atoms with Crippen molar-refractivity contribution >= 4 is 11.0 Å². The molecule has 0 atom stereocenters. The van der Waals surface area contributed by atoms with Crippen LogP contribution in [0.15, 0.2) is 73.4 Å². The molecule has 0 radical (unpaired) electrons. The Morgan fingerprint density at radius 2 is 1.80 bits per heavy atom. The van der Waals surface area contributed by atoms with Gasteiger partial charge in [-0.1, -0.05) is 24.3 Å². The maximum Gasteiger partial charge on any atom is 0.168 e. The van der Waals surface area contributed by atoms with Crippen LogP contribution in [0.2, 0.25) is 0 Å². The number of imidazole rings is 2. The van der Waals surface area contributed by atoms with Crippen molar-refractivity contribution in [2.45, 2.75) is 13.5 Å². The molecule has 0 fully saturated rings. The van der Waals surface area contributed by atoms with Crippen molar-refractivity contribution in [1.82, 2.24) is 24.1 Å². The average Bonchev–Trinajstić information content (AvgIpc) is 3.41. The van der Waals surface area contributed by atoms with E-state index >= 15 is 0 Å². The maximum atomic E-state index is 11.1. The van der Waals surface area contributed by atoms with Gasteiger partial charge in [-0.05, 0) is 36.8 Å². The average molecular weight is 396 g/mol. The highest BCUT2D eigenvalue weighted by molar-refractivity contribution is 5.89. The predicted octanol–water partition coefficient (Wildman–Crippen LogP) is 3.75. The van der Waals surface area contributed by atoms with Crippen LogP contribution in [0.3, 0.4) is 0 Å². The highest BCUT2D eigenvalue weighted by Gasteiger charge is 2.16. The van der Waals surface area contributed by atoms with E-state index in [2.05, 4.69) is 15.0 Å². The van der Waals surface area contributed by atoms with Crippen molar-refractivity contribution in [3.8, 4) is 28.4 Å². The second-order valence-corrected chi connectivity index (χ2v) is 7.07. The van der Waals surface area contributed by atoms with E-state index in [-0.39, 0.29) is 5.75 Å². The molecule has 3 N–H and O–H groups in total. The molecular weight excluding hydrogens is 376 g/mol. The van der Waals surface area contributed by atoms with Gasteiger partial charge in [0.2, 0.25) is 0 Å². The second kappa shape index (κ2) is 7.13. The SMILES string of the molecule is Cc1nccn1-c1ccc(-c2ncc3ncn(-c4cccc(CN)c4)c3c2O)cc1. The fraction of sp³-hybridized carbons (Fsp3) is 0.0870. The zero-order valence-corrected chi connectivity index (χ0v) is 16.4. The van der Waals surface area contributed by atoms with Gasteiger partial charge in [0.15, 0.2) is 5.75 Å². The molecule has 0 aliphatic rings. The Kier molecular flexibility index (Phi) is 4.30. The van der Waals surface area contributed by atoms with Crippen molar-refractivity contribution in [1.29, 1.82) is 0 Å². The van der Waals surface area contributed by atoms with Gasteiger partial charge in [0.1, 0.15) is 28.9 Å². The molecule has 30 heavy (non-hydrogen) atoms. The molecule has 2 aromatic carbocycles. The number of rotatable bonds is 4. The van der Waals surface area contributed by atoms with Gasteiger partial charge in [0, 0.05) is 35.9 Å². The van der Waals surface area contributed by atoms with E-state index in [1.165, 1.54) is 0 Å². The Morgan fingerprint density at radius 3 is 2.53 bits per heavy atom. The van der Waals surface area contributed by atoms with Crippen molar-refractivity contribution < 1.29 is 5.11 Å². The van der Waals surface area contributed by atoms with Gasteiger partial charge < -0.3 is 15.4 Å². The standard InChI is InChI=1S/C23H20N6O/c1-15-25-9-10-28(15)18-7-5-17(6-8-18)21-23(30)22-20(13-26-21)27-14-29(22)19-4-2-3-16(11-19)12-24/h2-11,13-14,30H,12,24H2,1H3. The topological polar surface area (TPSA) is 94.8 Å². The van der Waals surface area contributed by atoms with Gasteiger partial charge in [-0.2, -0.15) is 0 Å². The molecule has 5 aromatic rings. The molecule has 7 nitrogen and oxygen atoms in total. The first-order valence-electron chi connectivity index (χ1n) is 9.61. The highest BCUT2D eigenvalue weighted by Crippen LogP contribution is 2.35. The van der Waals surface area contributed by atoms with Crippen molar-refractivity contribution in [3.05, 3.63) is 84.8 Å². The lowest BCUT2D eigenvalue weighted by Crippen LogP contribution is -1.99. The summed E-state index contributed by atoms with van der Waals surface area (Å²) in [5.74, 6) is 1.00. The minimum Gasteiger partial charge on any atom is -0.504 e. The number of nitrogens with two attached hydrogens (primary N) is 1. The van der Waals surface area contributed by atoms with Crippen LogP contribution in [0, 0.1) is 6.92 Å². The molecule has 0 spiro atoms. The van der Waals surface area contributed by atoms with Crippen LogP contribution in [-0.2, 0) is 6.54 Å². The Morgan fingerprint density at radius 1 is 0.967 bits per heavy atom. The van der Waals surface area contributed by atoms with E-state index in [1.807, 2.05) is 70.8 Å². The van der Waals surface area contributed by atoms with E-state index in [1.54, 1.807) is 18.7 Å². The minimum absolute atomic E-state index is 0.0923. The summed E-state index contributed by atoms with van der Waals surface area (Å²) < 4.78 is 3.86. The predicted molar refractivity (Wildman–Crippen MR) is 116 cm³/mol. The first kappa shape index (κ1) is 18.1. The van der Waals surface area contributed by atoms with E-state index in [0.717, 1.165) is 28.3 Å². The summed E-state index contributed by atoms with van der Waals surface area (Å²) in [6.45, 7) is 2.40. The van der Waals surface area contributed by atoms with Gasteiger partial charge in [0.25, 0.3) is 0 Å². The maximum absolute atomic E-state index is 11.1. The van der Waals surface area contributed by atoms with E-state index in [0.29, 0.717) is 23.3 Å². The summed E-state index contributed by atoms with van der Waals surface area (Å²) in [6, 6.07) is 15.7. The highest BCUT2D eigenvalue weighted by atomic mass is 16.3. The van der Waals surface area contributed by atoms with Crippen molar-refractivity contribution in [2.24, 2.45) is 5.73 Å². The summed E-state index contributed by atoms with van der Waals surface area (Å²) in [4.78, 5) is 13.1. The fourth-order valence-electron chi connectivity index (χ4n) is 3.66. The summed E-state index contributed by atoms with van der Waals surface area (Å²) in [7, 11) is 0. The monoisotopic (exact) mass is 396 g/mol. The second-order valence-electron chi connectivity index (χ2n) is 7.07. The third-order valence-corrected chi connectivity index (χ3v) is 5.23. The summed E-state index contributed by atoms with van der Waals surface area (Å²) >= 11 is 0. The molecule has 0 aliphatic carbocycles. The van der Waals surface area contributed by atoms with E-state index in [9.17, 15) is 5.11 Å². The molecule has 0 amide bonds. The fourth-order valence-corrected chi connectivity index (χ4v) is 3.66. The van der Waals surface area contributed by atoms with Crippen LogP contribution in [0.1, 0.15) is 11.4 Å². The summed E-state index contributed by atoms with van der Waals surface area (Å²) in [5, 5.41) is 11.1. The first-order valence-corrected chi connectivity index (χ1v) is 9.61. The first-order chi connectivity index (χ1) is 14.7. The lowest BCUT2D eigenvalue weighted by Gasteiger charge is -2.11. The largest absolute Gasteiger partial charge is 0.504 e. The zero-order chi connectivity index (χ0) is 20.7. The molecule has 0 saturated heterocycles. The summed E-state index contributed by atoms with van der Waals surface area (Å²) in [6.07, 6.45) is 7.06. The van der Waals surface area contributed by atoms with Crippen LogP contribution >= 0.6 is 0 Å². The van der Waals surface area contributed by atoms with Crippen LogP contribution in [0.5, 0.6) is 5.75 Å². The van der Waals surface area contributed by atoms with Crippen LogP contribution < -0.4 is 5.73 Å².